The minimum absolute atomic E-state index is 0.166. The van der Waals surface area contributed by atoms with Gasteiger partial charge >= 0.3 is 0 Å². The molecule has 0 fully saturated rings. The summed E-state index contributed by atoms with van der Waals surface area (Å²) in [7, 11) is 0. The molecule has 0 radical (unpaired) electrons. The molecule has 0 aliphatic carbocycles. The van der Waals surface area contributed by atoms with Crippen molar-refractivity contribution in [3.05, 3.63) is 47.5 Å². The highest BCUT2D eigenvalue weighted by Gasteiger charge is 2.23. The summed E-state index contributed by atoms with van der Waals surface area (Å²) in [5.41, 5.74) is 3.29. The van der Waals surface area contributed by atoms with Crippen molar-refractivity contribution < 1.29 is 5.11 Å². The topological polar surface area (TPSA) is 54.2 Å². The van der Waals surface area contributed by atoms with Gasteiger partial charge in [0.15, 0.2) is 0 Å². The van der Waals surface area contributed by atoms with Crippen LogP contribution in [0.1, 0.15) is 23.5 Å². The van der Waals surface area contributed by atoms with Crippen molar-refractivity contribution in [3.63, 3.8) is 0 Å². The molecule has 1 aliphatic heterocycles. The first-order valence-corrected chi connectivity index (χ1v) is 7.04. The molecule has 5 nitrogen and oxygen atoms in total. The molecule has 2 aromatic heterocycles. The second-order valence-corrected chi connectivity index (χ2v) is 5.35. The third-order valence-electron chi connectivity index (χ3n) is 3.88. The number of fused-ring (bicyclic) bond motifs is 1. The Morgan fingerprint density at radius 1 is 1.35 bits per heavy atom. The number of aromatic nitrogens is 3. The minimum atomic E-state index is 0.166. The van der Waals surface area contributed by atoms with Crippen LogP contribution in [0, 0.1) is 6.92 Å². The van der Waals surface area contributed by atoms with E-state index in [1.54, 1.807) is 0 Å². The molecule has 3 heterocycles. The Balaban J connectivity index is 1.81. The lowest BCUT2D eigenvalue weighted by Gasteiger charge is -2.27. The summed E-state index contributed by atoms with van der Waals surface area (Å²) in [5, 5.41) is 14.0. The first kappa shape index (κ1) is 13.3. The monoisotopic (exact) mass is 272 g/mol. The van der Waals surface area contributed by atoms with Crippen molar-refractivity contribution in [1.82, 2.24) is 19.7 Å². The molecule has 0 amide bonds. The number of nitrogens with zero attached hydrogens (tertiary/aromatic N) is 4. The van der Waals surface area contributed by atoms with E-state index in [1.807, 2.05) is 36.0 Å². The smallest absolute Gasteiger partial charge is 0.0587 e. The molecule has 1 unspecified atom stereocenters. The van der Waals surface area contributed by atoms with E-state index < -0.39 is 0 Å². The maximum Gasteiger partial charge on any atom is 0.0587 e. The summed E-state index contributed by atoms with van der Waals surface area (Å²) in [4.78, 5) is 6.86. The Morgan fingerprint density at radius 2 is 2.25 bits per heavy atom. The maximum absolute atomic E-state index is 9.64. The molecule has 0 saturated carbocycles. The van der Waals surface area contributed by atoms with E-state index in [1.165, 1.54) is 5.69 Å². The van der Waals surface area contributed by atoms with Gasteiger partial charge in [-0.2, -0.15) is 5.10 Å². The van der Waals surface area contributed by atoms with Gasteiger partial charge in [0.1, 0.15) is 0 Å². The quantitative estimate of drug-likeness (QED) is 0.916. The van der Waals surface area contributed by atoms with Gasteiger partial charge in [0.25, 0.3) is 0 Å². The van der Waals surface area contributed by atoms with E-state index in [0.717, 1.165) is 37.4 Å². The van der Waals surface area contributed by atoms with E-state index in [9.17, 15) is 5.11 Å². The van der Waals surface area contributed by atoms with Crippen LogP contribution in [0.2, 0.25) is 0 Å². The molecule has 5 heteroatoms. The fraction of sp³-hybridized carbons (Fsp3) is 0.467. The summed E-state index contributed by atoms with van der Waals surface area (Å²) in [6.45, 7) is 4.62. The third kappa shape index (κ3) is 2.73. The molecule has 20 heavy (non-hydrogen) atoms. The fourth-order valence-electron chi connectivity index (χ4n) is 2.77. The van der Waals surface area contributed by atoms with E-state index in [2.05, 4.69) is 21.0 Å². The van der Waals surface area contributed by atoms with Crippen molar-refractivity contribution in [3.8, 4) is 0 Å². The van der Waals surface area contributed by atoms with Crippen LogP contribution < -0.4 is 0 Å². The molecule has 0 bridgehead atoms. The first-order chi connectivity index (χ1) is 9.76. The SMILES string of the molecule is Cc1cccc(CN2Cc3ccnn3CCC2CO)n1. The number of rotatable bonds is 3. The molecule has 106 valence electrons. The molecule has 1 N–H and O–H groups in total. The Bertz CT molecular complexity index is 581. The lowest BCUT2D eigenvalue weighted by molar-refractivity contribution is 0.106. The third-order valence-corrected chi connectivity index (χ3v) is 3.88. The highest BCUT2D eigenvalue weighted by atomic mass is 16.3. The van der Waals surface area contributed by atoms with Gasteiger partial charge in [-0.25, -0.2) is 0 Å². The summed E-state index contributed by atoms with van der Waals surface area (Å²) in [6, 6.07) is 8.30. The molecule has 3 rings (SSSR count). The Morgan fingerprint density at radius 3 is 3.05 bits per heavy atom. The largest absolute Gasteiger partial charge is 0.395 e. The molecular formula is C15H20N4O. The number of aliphatic hydroxyl groups is 1. The van der Waals surface area contributed by atoms with Crippen LogP contribution in [0.3, 0.4) is 0 Å². The van der Waals surface area contributed by atoms with Gasteiger partial charge in [-0.3, -0.25) is 14.6 Å². The van der Waals surface area contributed by atoms with Gasteiger partial charge < -0.3 is 5.11 Å². The standard InChI is InChI=1S/C15H20N4O/c1-12-3-2-4-13(17-12)9-18-10-14-5-7-16-19(14)8-6-15(18)11-20/h2-5,7,15,20H,6,8-11H2,1H3. The van der Waals surface area contributed by atoms with Gasteiger partial charge in [-0.15, -0.1) is 0 Å². The zero-order valence-electron chi connectivity index (χ0n) is 11.7. The predicted octanol–water partition coefficient (Wildman–Crippen LogP) is 1.35. The number of aliphatic hydroxyl groups excluding tert-OH is 1. The van der Waals surface area contributed by atoms with Crippen LogP contribution in [0.4, 0.5) is 0 Å². The van der Waals surface area contributed by atoms with Crippen LogP contribution in [0.5, 0.6) is 0 Å². The van der Waals surface area contributed by atoms with Crippen molar-refractivity contribution in [2.24, 2.45) is 0 Å². The van der Waals surface area contributed by atoms with Crippen molar-refractivity contribution in [2.45, 2.75) is 39.0 Å². The number of hydrogen-bond acceptors (Lipinski definition) is 4. The van der Waals surface area contributed by atoms with Crippen LogP contribution in [0.25, 0.3) is 0 Å². The summed E-state index contributed by atoms with van der Waals surface area (Å²) in [5.74, 6) is 0. The van der Waals surface area contributed by atoms with Gasteiger partial charge in [0.05, 0.1) is 18.0 Å². The molecule has 1 aliphatic rings. The minimum Gasteiger partial charge on any atom is -0.395 e. The van der Waals surface area contributed by atoms with Crippen LogP contribution >= 0.6 is 0 Å². The lowest BCUT2D eigenvalue weighted by atomic mass is 10.1. The molecular weight excluding hydrogens is 252 g/mol. The highest BCUT2D eigenvalue weighted by Crippen LogP contribution is 2.19. The molecule has 0 spiro atoms. The molecule has 0 saturated heterocycles. The first-order valence-electron chi connectivity index (χ1n) is 7.04. The maximum atomic E-state index is 9.64. The second-order valence-electron chi connectivity index (χ2n) is 5.35. The lowest BCUT2D eigenvalue weighted by Crippen LogP contribution is -2.36. The van der Waals surface area contributed by atoms with Gasteiger partial charge in [-0.1, -0.05) is 6.07 Å². The summed E-state index contributed by atoms with van der Waals surface area (Å²) in [6.07, 6.45) is 2.76. The van der Waals surface area contributed by atoms with Crippen molar-refractivity contribution in [1.29, 1.82) is 0 Å². The van der Waals surface area contributed by atoms with Crippen LogP contribution in [-0.2, 0) is 19.6 Å². The predicted molar refractivity (Wildman–Crippen MR) is 75.9 cm³/mol. The zero-order valence-corrected chi connectivity index (χ0v) is 11.7. The molecule has 2 aromatic rings. The number of hydrogen-bond donors (Lipinski definition) is 1. The molecule has 0 aromatic carbocycles. The van der Waals surface area contributed by atoms with E-state index in [0.29, 0.717) is 0 Å². The van der Waals surface area contributed by atoms with Gasteiger partial charge in [0.2, 0.25) is 0 Å². The van der Waals surface area contributed by atoms with Crippen LogP contribution in [-0.4, -0.2) is 37.4 Å². The number of aryl methyl sites for hydroxylation is 2. The van der Waals surface area contributed by atoms with E-state index in [4.69, 9.17) is 0 Å². The van der Waals surface area contributed by atoms with Crippen molar-refractivity contribution >= 4 is 0 Å². The molecule has 1 atom stereocenters. The van der Waals surface area contributed by atoms with E-state index >= 15 is 0 Å². The average Bonchev–Trinajstić information content (AvgIpc) is 2.80. The Kier molecular flexibility index (Phi) is 3.80. The average molecular weight is 272 g/mol. The van der Waals surface area contributed by atoms with Gasteiger partial charge in [-0.05, 0) is 31.5 Å². The highest BCUT2D eigenvalue weighted by molar-refractivity contribution is 5.11. The number of pyridine rings is 1. The Labute approximate surface area is 118 Å². The van der Waals surface area contributed by atoms with Gasteiger partial charge in [0, 0.05) is 37.6 Å². The second kappa shape index (κ2) is 5.73. The fourth-order valence-corrected chi connectivity index (χ4v) is 2.77. The van der Waals surface area contributed by atoms with Crippen LogP contribution in [0.15, 0.2) is 30.5 Å². The normalized spacial score (nSPS) is 19.6. The Hall–Kier alpha value is -1.72. The zero-order chi connectivity index (χ0) is 13.9. The summed E-state index contributed by atoms with van der Waals surface area (Å²) < 4.78 is 2.03. The van der Waals surface area contributed by atoms with Crippen molar-refractivity contribution in [2.75, 3.05) is 6.61 Å². The van der Waals surface area contributed by atoms with E-state index in [-0.39, 0.29) is 12.6 Å². The summed E-state index contributed by atoms with van der Waals surface area (Å²) >= 11 is 0.